The lowest BCUT2D eigenvalue weighted by Crippen LogP contribution is -2.35. The van der Waals surface area contributed by atoms with Crippen molar-refractivity contribution in [2.75, 3.05) is 20.1 Å². The number of hydrogen-bond donors (Lipinski definition) is 1. The molecule has 0 amide bonds. The SMILES string of the molecule is CN1CCN=C1NCc1c(F)cc(Br)cc1F. The van der Waals surface area contributed by atoms with Gasteiger partial charge in [-0.25, -0.2) is 8.78 Å². The van der Waals surface area contributed by atoms with Crippen LogP contribution in [0.2, 0.25) is 0 Å². The van der Waals surface area contributed by atoms with Crippen LogP contribution in [-0.4, -0.2) is 31.0 Å². The number of aliphatic imine (C=N–C) groups is 1. The van der Waals surface area contributed by atoms with Gasteiger partial charge >= 0.3 is 0 Å². The average molecular weight is 304 g/mol. The maximum atomic E-state index is 13.5. The monoisotopic (exact) mass is 303 g/mol. The molecule has 17 heavy (non-hydrogen) atoms. The molecule has 0 spiro atoms. The molecule has 0 aliphatic carbocycles. The van der Waals surface area contributed by atoms with Crippen LogP contribution in [0.25, 0.3) is 0 Å². The van der Waals surface area contributed by atoms with Gasteiger partial charge in [0.15, 0.2) is 5.96 Å². The topological polar surface area (TPSA) is 27.6 Å². The summed E-state index contributed by atoms with van der Waals surface area (Å²) in [6.07, 6.45) is 0. The van der Waals surface area contributed by atoms with Gasteiger partial charge in [0.1, 0.15) is 11.6 Å². The average Bonchev–Trinajstić information content (AvgIpc) is 2.62. The van der Waals surface area contributed by atoms with Crippen LogP contribution in [0.1, 0.15) is 5.56 Å². The quantitative estimate of drug-likeness (QED) is 0.906. The lowest BCUT2D eigenvalue weighted by atomic mass is 10.2. The van der Waals surface area contributed by atoms with E-state index in [1.807, 2.05) is 11.9 Å². The van der Waals surface area contributed by atoms with E-state index >= 15 is 0 Å². The molecule has 0 unspecified atom stereocenters. The lowest BCUT2D eigenvalue weighted by molar-refractivity contribution is 0.520. The molecular weight excluding hydrogens is 292 g/mol. The minimum atomic E-state index is -0.564. The van der Waals surface area contributed by atoms with Crippen LogP contribution in [0, 0.1) is 11.6 Å². The maximum absolute atomic E-state index is 13.5. The molecule has 1 aliphatic heterocycles. The third-order valence-corrected chi connectivity index (χ3v) is 3.05. The summed E-state index contributed by atoms with van der Waals surface area (Å²) in [5.41, 5.74) is 0.0243. The summed E-state index contributed by atoms with van der Waals surface area (Å²) in [6, 6.07) is 2.50. The van der Waals surface area contributed by atoms with E-state index < -0.39 is 11.6 Å². The summed E-state index contributed by atoms with van der Waals surface area (Å²) in [7, 11) is 1.88. The van der Waals surface area contributed by atoms with Crippen LogP contribution in [0.15, 0.2) is 21.6 Å². The van der Waals surface area contributed by atoms with Gasteiger partial charge in [0, 0.05) is 30.2 Å². The van der Waals surface area contributed by atoms with Crippen LogP contribution in [0.4, 0.5) is 8.78 Å². The highest BCUT2D eigenvalue weighted by atomic mass is 79.9. The minimum absolute atomic E-state index is 0.0243. The molecule has 0 atom stereocenters. The predicted molar refractivity (Wildman–Crippen MR) is 65.8 cm³/mol. The highest BCUT2D eigenvalue weighted by Gasteiger charge is 2.15. The summed E-state index contributed by atoms with van der Waals surface area (Å²) >= 11 is 3.04. The smallest absolute Gasteiger partial charge is 0.194 e. The van der Waals surface area contributed by atoms with Crippen molar-refractivity contribution in [2.24, 2.45) is 4.99 Å². The van der Waals surface area contributed by atoms with Gasteiger partial charge < -0.3 is 10.2 Å². The van der Waals surface area contributed by atoms with Crippen molar-refractivity contribution in [2.45, 2.75) is 6.54 Å². The molecule has 0 fully saturated rings. The van der Waals surface area contributed by atoms with E-state index in [2.05, 4.69) is 26.2 Å². The molecule has 0 radical (unpaired) electrons. The minimum Gasteiger partial charge on any atom is -0.352 e. The van der Waals surface area contributed by atoms with Gasteiger partial charge in [0.2, 0.25) is 0 Å². The van der Waals surface area contributed by atoms with Gasteiger partial charge in [-0.15, -0.1) is 0 Å². The number of nitrogens with one attached hydrogen (secondary N) is 1. The van der Waals surface area contributed by atoms with E-state index in [1.165, 1.54) is 12.1 Å². The normalized spacial score (nSPS) is 15.1. The zero-order chi connectivity index (χ0) is 12.4. The Morgan fingerprint density at radius 3 is 2.59 bits per heavy atom. The number of benzene rings is 1. The Morgan fingerprint density at radius 2 is 2.06 bits per heavy atom. The van der Waals surface area contributed by atoms with Crippen molar-refractivity contribution in [3.63, 3.8) is 0 Å². The summed E-state index contributed by atoms with van der Waals surface area (Å²) in [6.45, 7) is 1.63. The third kappa shape index (κ3) is 2.74. The molecule has 1 aromatic rings. The second kappa shape index (κ2) is 5.00. The zero-order valence-electron chi connectivity index (χ0n) is 9.30. The van der Waals surface area contributed by atoms with Crippen LogP contribution in [0.3, 0.4) is 0 Å². The fourth-order valence-corrected chi connectivity index (χ4v) is 2.03. The first-order chi connectivity index (χ1) is 8.08. The zero-order valence-corrected chi connectivity index (χ0v) is 10.9. The van der Waals surface area contributed by atoms with Crippen LogP contribution in [-0.2, 0) is 6.54 Å². The molecule has 0 bridgehead atoms. The summed E-state index contributed by atoms with van der Waals surface area (Å²) < 4.78 is 27.4. The van der Waals surface area contributed by atoms with E-state index in [0.717, 1.165) is 6.54 Å². The molecule has 1 aliphatic rings. The van der Waals surface area contributed by atoms with Crippen molar-refractivity contribution in [1.29, 1.82) is 0 Å². The standard InChI is InChI=1S/C11H12BrF2N3/c1-17-3-2-15-11(17)16-6-8-9(13)4-7(12)5-10(8)14/h4-5H,2-3,6H2,1H3,(H,15,16). The Kier molecular flexibility index (Phi) is 3.61. The van der Waals surface area contributed by atoms with Gasteiger partial charge in [-0.3, -0.25) is 4.99 Å². The van der Waals surface area contributed by atoms with Crippen molar-refractivity contribution in [3.05, 3.63) is 33.8 Å². The van der Waals surface area contributed by atoms with Crippen molar-refractivity contribution < 1.29 is 8.78 Å². The van der Waals surface area contributed by atoms with E-state index in [0.29, 0.717) is 17.0 Å². The first kappa shape index (κ1) is 12.3. The molecule has 1 heterocycles. The highest BCUT2D eigenvalue weighted by molar-refractivity contribution is 9.10. The lowest BCUT2D eigenvalue weighted by Gasteiger charge is -2.15. The molecule has 3 nitrogen and oxygen atoms in total. The Bertz CT molecular complexity index is 439. The van der Waals surface area contributed by atoms with Crippen molar-refractivity contribution >= 4 is 21.9 Å². The van der Waals surface area contributed by atoms with Crippen LogP contribution in [0.5, 0.6) is 0 Å². The number of guanidine groups is 1. The van der Waals surface area contributed by atoms with Gasteiger partial charge in [-0.05, 0) is 12.1 Å². The molecular formula is C11H12BrF2N3. The van der Waals surface area contributed by atoms with E-state index in [-0.39, 0.29) is 12.1 Å². The fraction of sp³-hybridized carbons (Fsp3) is 0.364. The van der Waals surface area contributed by atoms with E-state index in [4.69, 9.17) is 0 Å². The van der Waals surface area contributed by atoms with E-state index in [9.17, 15) is 8.78 Å². The van der Waals surface area contributed by atoms with Gasteiger partial charge in [-0.2, -0.15) is 0 Å². The molecule has 2 rings (SSSR count). The third-order valence-electron chi connectivity index (χ3n) is 2.59. The summed E-state index contributed by atoms with van der Waals surface area (Å²) in [5, 5.41) is 2.93. The van der Waals surface area contributed by atoms with Crippen LogP contribution < -0.4 is 5.32 Å². The Balaban J connectivity index is 2.09. The fourth-order valence-electron chi connectivity index (χ4n) is 1.63. The first-order valence-corrected chi connectivity index (χ1v) is 6.00. The molecule has 6 heteroatoms. The predicted octanol–water partition coefficient (Wildman–Crippen LogP) is 2.12. The maximum Gasteiger partial charge on any atom is 0.194 e. The molecule has 1 N–H and O–H groups in total. The first-order valence-electron chi connectivity index (χ1n) is 5.21. The second-order valence-corrected chi connectivity index (χ2v) is 4.74. The Morgan fingerprint density at radius 1 is 1.41 bits per heavy atom. The van der Waals surface area contributed by atoms with E-state index in [1.54, 1.807) is 0 Å². The molecule has 1 aromatic carbocycles. The Hall–Kier alpha value is -1.17. The Labute approximate surface area is 107 Å². The number of likely N-dealkylation sites (N-methyl/N-ethyl adjacent to an activating group) is 1. The van der Waals surface area contributed by atoms with Gasteiger partial charge in [-0.1, -0.05) is 15.9 Å². The number of nitrogens with zero attached hydrogens (tertiary/aromatic N) is 2. The number of hydrogen-bond acceptors (Lipinski definition) is 3. The van der Waals surface area contributed by atoms with Gasteiger partial charge in [0.05, 0.1) is 6.54 Å². The van der Waals surface area contributed by atoms with Crippen molar-refractivity contribution in [1.82, 2.24) is 10.2 Å². The van der Waals surface area contributed by atoms with Crippen LogP contribution >= 0.6 is 15.9 Å². The molecule has 0 aromatic heterocycles. The number of halogens is 3. The van der Waals surface area contributed by atoms with Crippen molar-refractivity contribution in [3.8, 4) is 0 Å². The molecule has 92 valence electrons. The van der Waals surface area contributed by atoms with Gasteiger partial charge in [0.25, 0.3) is 0 Å². The summed E-state index contributed by atoms with van der Waals surface area (Å²) in [5.74, 6) is -0.456. The number of rotatable bonds is 2. The largest absolute Gasteiger partial charge is 0.352 e. The highest BCUT2D eigenvalue weighted by Crippen LogP contribution is 2.19. The molecule has 0 saturated carbocycles. The molecule has 0 saturated heterocycles. The second-order valence-electron chi connectivity index (χ2n) is 3.83. The summed E-state index contributed by atoms with van der Waals surface area (Å²) in [4.78, 5) is 6.10.